The third kappa shape index (κ3) is 3.78. The number of likely N-dealkylation sites (tertiary alicyclic amines) is 1. The highest BCUT2D eigenvalue weighted by atomic mass is 16.2. The fourth-order valence-electron chi connectivity index (χ4n) is 2.52. The summed E-state index contributed by atoms with van der Waals surface area (Å²) in [5.74, 6) is 0.964. The van der Waals surface area contributed by atoms with Crippen molar-refractivity contribution in [2.75, 3.05) is 19.6 Å². The SMILES string of the molecule is CCCC1CC(=O)N(CC(CC)NCC)C1. The van der Waals surface area contributed by atoms with Crippen molar-refractivity contribution < 1.29 is 4.79 Å². The van der Waals surface area contributed by atoms with Gasteiger partial charge < -0.3 is 10.2 Å². The first-order valence-corrected chi connectivity index (χ1v) is 6.72. The fourth-order valence-corrected chi connectivity index (χ4v) is 2.52. The third-order valence-corrected chi connectivity index (χ3v) is 3.42. The van der Waals surface area contributed by atoms with E-state index in [1.54, 1.807) is 0 Å². The number of amides is 1. The first-order valence-electron chi connectivity index (χ1n) is 6.72. The van der Waals surface area contributed by atoms with Gasteiger partial charge in [-0.25, -0.2) is 0 Å². The van der Waals surface area contributed by atoms with Crippen LogP contribution in [-0.2, 0) is 4.79 Å². The molecule has 1 aliphatic rings. The van der Waals surface area contributed by atoms with Crippen molar-refractivity contribution in [2.24, 2.45) is 5.92 Å². The molecular formula is C13H26N2O. The van der Waals surface area contributed by atoms with Crippen LogP contribution in [0.5, 0.6) is 0 Å². The summed E-state index contributed by atoms with van der Waals surface area (Å²) >= 11 is 0. The van der Waals surface area contributed by atoms with Crippen LogP contribution in [0.2, 0.25) is 0 Å². The van der Waals surface area contributed by atoms with Gasteiger partial charge in [0.15, 0.2) is 0 Å². The van der Waals surface area contributed by atoms with Crippen LogP contribution in [0.4, 0.5) is 0 Å². The van der Waals surface area contributed by atoms with E-state index in [0.29, 0.717) is 17.9 Å². The van der Waals surface area contributed by atoms with Gasteiger partial charge >= 0.3 is 0 Å². The maximum absolute atomic E-state index is 11.8. The molecule has 0 aromatic carbocycles. The molecule has 1 amide bonds. The summed E-state index contributed by atoms with van der Waals surface area (Å²) in [6.07, 6.45) is 4.25. The molecule has 16 heavy (non-hydrogen) atoms. The molecule has 1 aliphatic heterocycles. The average molecular weight is 226 g/mol. The van der Waals surface area contributed by atoms with Crippen LogP contribution >= 0.6 is 0 Å². The molecule has 1 rings (SSSR count). The molecule has 1 saturated heterocycles. The van der Waals surface area contributed by atoms with E-state index in [-0.39, 0.29) is 0 Å². The predicted octanol–water partition coefficient (Wildman–Crippen LogP) is 2.02. The van der Waals surface area contributed by atoms with Gasteiger partial charge in [0.05, 0.1) is 0 Å². The predicted molar refractivity (Wildman–Crippen MR) is 67.4 cm³/mol. The largest absolute Gasteiger partial charge is 0.341 e. The molecule has 2 atom stereocenters. The van der Waals surface area contributed by atoms with E-state index < -0.39 is 0 Å². The quantitative estimate of drug-likeness (QED) is 0.720. The first kappa shape index (κ1) is 13.5. The molecule has 0 aliphatic carbocycles. The Kier molecular flexibility index (Phi) is 5.81. The van der Waals surface area contributed by atoms with Gasteiger partial charge in [-0.3, -0.25) is 4.79 Å². The second kappa shape index (κ2) is 6.89. The molecule has 3 nitrogen and oxygen atoms in total. The summed E-state index contributed by atoms with van der Waals surface area (Å²) in [5.41, 5.74) is 0. The van der Waals surface area contributed by atoms with Gasteiger partial charge in [0.25, 0.3) is 0 Å². The lowest BCUT2D eigenvalue weighted by Gasteiger charge is -2.23. The van der Waals surface area contributed by atoms with Crippen LogP contribution in [0.1, 0.15) is 46.5 Å². The topological polar surface area (TPSA) is 32.3 Å². The van der Waals surface area contributed by atoms with E-state index in [0.717, 1.165) is 32.5 Å². The van der Waals surface area contributed by atoms with Gasteiger partial charge in [0, 0.05) is 25.6 Å². The smallest absolute Gasteiger partial charge is 0.222 e. The monoisotopic (exact) mass is 226 g/mol. The van der Waals surface area contributed by atoms with Crippen LogP contribution in [0, 0.1) is 5.92 Å². The molecular weight excluding hydrogens is 200 g/mol. The highest BCUT2D eigenvalue weighted by Gasteiger charge is 2.29. The molecule has 0 bridgehead atoms. The molecule has 1 N–H and O–H groups in total. The molecule has 1 fully saturated rings. The summed E-state index contributed by atoms with van der Waals surface area (Å²) in [5, 5.41) is 3.43. The van der Waals surface area contributed by atoms with Crippen LogP contribution in [0.25, 0.3) is 0 Å². The van der Waals surface area contributed by atoms with Gasteiger partial charge in [0.1, 0.15) is 0 Å². The Morgan fingerprint density at radius 3 is 2.75 bits per heavy atom. The van der Waals surface area contributed by atoms with Gasteiger partial charge in [0.2, 0.25) is 5.91 Å². The van der Waals surface area contributed by atoms with Crippen molar-refractivity contribution in [2.45, 2.75) is 52.5 Å². The summed E-state index contributed by atoms with van der Waals surface area (Å²) in [6.45, 7) is 9.35. The Bertz CT molecular complexity index is 218. The molecule has 0 saturated carbocycles. The Balaban J connectivity index is 2.39. The highest BCUT2D eigenvalue weighted by Crippen LogP contribution is 2.22. The minimum Gasteiger partial charge on any atom is -0.341 e. The van der Waals surface area contributed by atoms with E-state index in [2.05, 4.69) is 31.0 Å². The minimum absolute atomic E-state index is 0.356. The standard InChI is InChI=1S/C13H26N2O/c1-4-7-11-8-13(16)15(9-11)10-12(5-2)14-6-3/h11-12,14H,4-10H2,1-3H3. The lowest BCUT2D eigenvalue weighted by Crippen LogP contribution is -2.41. The number of nitrogens with one attached hydrogen (secondary N) is 1. The Morgan fingerprint density at radius 1 is 1.44 bits per heavy atom. The Labute approximate surface area is 99.6 Å². The lowest BCUT2D eigenvalue weighted by atomic mass is 10.0. The molecule has 94 valence electrons. The van der Waals surface area contributed by atoms with Crippen molar-refractivity contribution in [3.05, 3.63) is 0 Å². The van der Waals surface area contributed by atoms with E-state index in [1.165, 1.54) is 12.8 Å². The number of nitrogens with zero attached hydrogens (tertiary/aromatic N) is 1. The van der Waals surface area contributed by atoms with Gasteiger partial charge in [-0.2, -0.15) is 0 Å². The van der Waals surface area contributed by atoms with Gasteiger partial charge in [-0.1, -0.05) is 27.2 Å². The molecule has 0 aromatic rings. The fraction of sp³-hybridized carbons (Fsp3) is 0.923. The van der Waals surface area contributed by atoms with E-state index in [4.69, 9.17) is 0 Å². The molecule has 0 aromatic heterocycles. The highest BCUT2D eigenvalue weighted by molar-refractivity contribution is 5.78. The van der Waals surface area contributed by atoms with E-state index in [9.17, 15) is 4.79 Å². The lowest BCUT2D eigenvalue weighted by molar-refractivity contribution is -0.128. The average Bonchev–Trinajstić information content (AvgIpc) is 2.59. The zero-order valence-electron chi connectivity index (χ0n) is 11.0. The molecule has 0 radical (unpaired) electrons. The van der Waals surface area contributed by atoms with Crippen LogP contribution in [0.3, 0.4) is 0 Å². The van der Waals surface area contributed by atoms with Crippen molar-refractivity contribution in [3.63, 3.8) is 0 Å². The van der Waals surface area contributed by atoms with Crippen molar-refractivity contribution >= 4 is 5.91 Å². The van der Waals surface area contributed by atoms with Crippen molar-refractivity contribution in [1.82, 2.24) is 10.2 Å². The van der Waals surface area contributed by atoms with Crippen LogP contribution in [0.15, 0.2) is 0 Å². The molecule has 3 heteroatoms. The molecule has 2 unspecified atom stereocenters. The van der Waals surface area contributed by atoms with E-state index in [1.807, 2.05) is 0 Å². The van der Waals surface area contributed by atoms with Crippen molar-refractivity contribution in [3.8, 4) is 0 Å². The third-order valence-electron chi connectivity index (χ3n) is 3.42. The second-order valence-electron chi connectivity index (χ2n) is 4.82. The number of carbonyl (C=O) groups excluding carboxylic acids is 1. The van der Waals surface area contributed by atoms with E-state index >= 15 is 0 Å². The summed E-state index contributed by atoms with van der Waals surface area (Å²) in [4.78, 5) is 13.9. The first-order chi connectivity index (χ1) is 7.71. The van der Waals surface area contributed by atoms with Crippen LogP contribution < -0.4 is 5.32 Å². The number of rotatable bonds is 7. The van der Waals surface area contributed by atoms with Crippen molar-refractivity contribution in [1.29, 1.82) is 0 Å². The van der Waals surface area contributed by atoms with Gasteiger partial charge in [-0.15, -0.1) is 0 Å². The number of hydrogen-bond donors (Lipinski definition) is 1. The second-order valence-corrected chi connectivity index (χ2v) is 4.82. The minimum atomic E-state index is 0.356. The zero-order valence-corrected chi connectivity index (χ0v) is 11.0. The Morgan fingerprint density at radius 2 is 2.19 bits per heavy atom. The summed E-state index contributed by atoms with van der Waals surface area (Å²) < 4.78 is 0. The maximum atomic E-state index is 11.8. The van der Waals surface area contributed by atoms with Gasteiger partial charge in [-0.05, 0) is 25.3 Å². The number of likely N-dealkylation sites (N-methyl/N-ethyl adjacent to an activating group) is 1. The molecule has 0 spiro atoms. The summed E-state index contributed by atoms with van der Waals surface area (Å²) in [7, 11) is 0. The number of hydrogen-bond acceptors (Lipinski definition) is 2. The number of carbonyl (C=O) groups is 1. The van der Waals surface area contributed by atoms with Crippen LogP contribution in [-0.4, -0.2) is 36.5 Å². The summed E-state index contributed by atoms with van der Waals surface area (Å²) in [6, 6.07) is 0.467. The maximum Gasteiger partial charge on any atom is 0.222 e. The molecule has 1 heterocycles. The normalized spacial score (nSPS) is 22.8. The Hall–Kier alpha value is -0.570. The zero-order chi connectivity index (χ0) is 12.0.